The van der Waals surface area contributed by atoms with Crippen LogP contribution in [0.5, 0.6) is 0 Å². The summed E-state index contributed by atoms with van der Waals surface area (Å²) in [5, 5.41) is -0.242. The van der Waals surface area contributed by atoms with Crippen molar-refractivity contribution >= 4 is 21.6 Å². The van der Waals surface area contributed by atoms with Crippen molar-refractivity contribution in [3.63, 3.8) is 0 Å². The lowest BCUT2D eigenvalue weighted by atomic mass is 10.3. The Bertz CT molecular complexity index is 673. The Morgan fingerprint density at radius 3 is 2.79 bits per heavy atom. The van der Waals surface area contributed by atoms with Gasteiger partial charge in [-0.25, -0.2) is 22.5 Å². The summed E-state index contributed by atoms with van der Waals surface area (Å²) in [7, 11) is -3.79. The molecular formula is C11H11ClFN3O2S. The molecular weight excluding hydrogens is 293 g/mol. The number of nitrogens with zero attached hydrogens (tertiary/aromatic N) is 1. The van der Waals surface area contributed by atoms with Crippen molar-refractivity contribution in [1.82, 2.24) is 14.7 Å². The molecule has 19 heavy (non-hydrogen) atoms. The molecule has 1 unspecified atom stereocenters. The molecule has 1 heterocycles. The van der Waals surface area contributed by atoms with E-state index in [2.05, 4.69) is 14.7 Å². The highest BCUT2D eigenvalue weighted by Gasteiger charge is 2.20. The molecule has 0 saturated heterocycles. The van der Waals surface area contributed by atoms with Gasteiger partial charge in [0.25, 0.3) is 0 Å². The van der Waals surface area contributed by atoms with Gasteiger partial charge >= 0.3 is 0 Å². The first kappa shape index (κ1) is 14.0. The van der Waals surface area contributed by atoms with Crippen LogP contribution in [-0.4, -0.2) is 18.4 Å². The fourth-order valence-electron chi connectivity index (χ4n) is 1.51. The number of hydrogen-bond acceptors (Lipinski definition) is 3. The normalized spacial score (nSPS) is 13.4. The highest BCUT2D eigenvalue weighted by Crippen LogP contribution is 2.20. The molecule has 0 radical (unpaired) electrons. The molecule has 0 spiro atoms. The Morgan fingerprint density at radius 1 is 1.47 bits per heavy atom. The fraction of sp³-hybridized carbons (Fsp3) is 0.182. The van der Waals surface area contributed by atoms with Gasteiger partial charge in [0.1, 0.15) is 11.6 Å². The van der Waals surface area contributed by atoms with Crippen LogP contribution in [-0.2, 0) is 10.0 Å². The molecule has 1 aromatic heterocycles. The Balaban J connectivity index is 2.25. The third-order valence-electron chi connectivity index (χ3n) is 2.46. The van der Waals surface area contributed by atoms with E-state index in [1.54, 1.807) is 13.1 Å². The van der Waals surface area contributed by atoms with Gasteiger partial charge in [0.2, 0.25) is 10.0 Å². The summed E-state index contributed by atoms with van der Waals surface area (Å²) in [5.41, 5.74) is 0. The largest absolute Gasteiger partial charge is 0.347 e. The molecule has 8 heteroatoms. The van der Waals surface area contributed by atoms with Gasteiger partial charge in [0.05, 0.1) is 16.0 Å². The van der Waals surface area contributed by atoms with Crippen LogP contribution in [0, 0.1) is 5.82 Å². The molecule has 102 valence electrons. The number of aromatic nitrogens is 2. The van der Waals surface area contributed by atoms with E-state index < -0.39 is 21.9 Å². The number of hydrogen-bond donors (Lipinski definition) is 2. The minimum absolute atomic E-state index is 0.0997. The lowest BCUT2D eigenvalue weighted by Gasteiger charge is -2.12. The number of rotatable bonds is 4. The smallest absolute Gasteiger partial charge is 0.241 e. The van der Waals surface area contributed by atoms with Gasteiger partial charge in [-0.3, -0.25) is 0 Å². The highest BCUT2D eigenvalue weighted by molar-refractivity contribution is 7.89. The van der Waals surface area contributed by atoms with Crippen molar-refractivity contribution in [2.45, 2.75) is 17.9 Å². The summed E-state index contributed by atoms with van der Waals surface area (Å²) >= 11 is 5.57. The number of halogens is 2. The molecule has 0 saturated carbocycles. The third-order valence-corrected chi connectivity index (χ3v) is 4.29. The number of imidazole rings is 1. The molecule has 0 aliphatic rings. The van der Waals surface area contributed by atoms with E-state index in [1.165, 1.54) is 6.20 Å². The first-order valence-corrected chi connectivity index (χ1v) is 7.23. The predicted molar refractivity (Wildman–Crippen MR) is 68.7 cm³/mol. The Hall–Kier alpha value is -1.44. The quantitative estimate of drug-likeness (QED) is 0.909. The van der Waals surface area contributed by atoms with Crippen molar-refractivity contribution in [2.24, 2.45) is 0 Å². The summed E-state index contributed by atoms with van der Waals surface area (Å²) in [6.45, 7) is 1.64. The van der Waals surface area contributed by atoms with Crippen LogP contribution in [0.15, 0.2) is 35.5 Å². The van der Waals surface area contributed by atoms with Crippen molar-refractivity contribution in [2.75, 3.05) is 0 Å². The summed E-state index contributed by atoms with van der Waals surface area (Å²) in [5.74, 6) is -0.184. The summed E-state index contributed by atoms with van der Waals surface area (Å²) < 4.78 is 39.6. The molecule has 2 aromatic rings. The van der Waals surface area contributed by atoms with Crippen LogP contribution in [0.25, 0.3) is 0 Å². The van der Waals surface area contributed by atoms with E-state index in [0.717, 1.165) is 18.2 Å². The Kier molecular flexibility index (Phi) is 3.88. The molecule has 0 bridgehead atoms. The van der Waals surface area contributed by atoms with E-state index in [9.17, 15) is 12.8 Å². The SMILES string of the molecule is CC(NS(=O)(=O)c1ccc(F)c(Cl)c1)c1ncc[nH]1. The molecule has 0 aliphatic heterocycles. The van der Waals surface area contributed by atoms with Crippen LogP contribution in [0.4, 0.5) is 4.39 Å². The molecule has 1 aromatic carbocycles. The zero-order valence-electron chi connectivity index (χ0n) is 9.89. The minimum Gasteiger partial charge on any atom is -0.347 e. The van der Waals surface area contributed by atoms with Gasteiger partial charge in [-0.15, -0.1) is 0 Å². The third kappa shape index (κ3) is 3.12. The van der Waals surface area contributed by atoms with Gasteiger partial charge < -0.3 is 4.98 Å². The average molecular weight is 304 g/mol. The van der Waals surface area contributed by atoms with Crippen LogP contribution in [0.2, 0.25) is 5.02 Å². The van der Waals surface area contributed by atoms with Crippen LogP contribution in [0.1, 0.15) is 18.8 Å². The van der Waals surface area contributed by atoms with Crippen LogP contribution < -0.4 is 4.72 Å². The molecule has 5 nitrogen and oxygen atoms in total. The highest BCUT2D eigenvalue weighted by atomic mass is 35.5. The van der Waals surface area contributed by atoms with Crippen molar-refractivity contribution in [3.05, 3.63) is 47.3 Å². The number of benzene rings is 1. The van der Waals surface area contributed by atoms with E-state index in [-0.39, 0.29) is 9.92 Å². The number of H-pyrrole nitrogens is 1. The standard InChI is InChI=1S/C11H11ClFN3O2S/c1-7(11-14-4-5-15-11)16-19(17,18)8-2-3-10(13)9(12)6-8/h2-7,16H,1H3,(H,14,15). The van der Waals surface area contributed by atoms with E-state index in [4.69, 9.17) is 11.6 Å². The molecule has 2 rings (SSSR count). The number of sulfonamides is 1. The first-order chi connectivity index (χ1) is 8.90. The maximum Gasteiger partial charge on any atom is 0.241 e. The lowest BCUT2D eigenvalue weighted by molar-refractivity contribution is 0.560. The van der Waals surface area contributed by atoms with E-state index in [0.29, 0.717) is 5.82 Å². The average Bonchev–Trinajstić information content (AvgIpc) is 2.85. The molecule has 0 amide bonds. The van der Waals surface area contributed by atoms with Gasteiger partial charge in [0.15, 0.2) is 0 Å². The predicted octanol–water partition coefficient (Wildman–Crippen LogP) is 2.24. The summed E-state index contributed by atoms with van der Waals surface area (Å²) in [6.07, 6.45) is 3.11. The van der Waals surface area contributed by atoms with Crippen LogP contribution >= 0.6 is 11.6 Å². The fourth-order valence-corrected chi connectivity index (χ4v) is 2.99. The monoisotopic (exact) mass is 303 g/mol. The van der Waals surface area contributed by atoms with E-state index in [1.807, 2.05) is 0 Å². The molecule has 0 aliphatic carbocycles. The second-order valence-electron chi connectivity index (χ2n) is 3.89. The number of nitrogens with one attached hydrogen (secondary N) is 2. The molecule has 1 atom stereocenters. The topological polar surface area (TPSA) is 74.8 Å². The van der Waals surface area contributed by atoms with Crippen LogP contribution in [0.3, 0.4) is 0 Å². The molecule has 0 fully saturated rings. The van der Waals surface area contributed by atoms with Crippen molar-refractivity contribution < 1.29 is 12.8 Å². The maximum absolute atomic E-state index is 13.0. The lowest BCUT2D eigenvalue weighted by Crippen LogP contribution is -2.27. The summed E-state index contributed by atoms with van der Waals surface area (Å²) in [6, 6.07) is 2.69. The maximum atomic E-state index is 13.0. The zero-order valence-corrected chi connectivity index (χ0v) is 11.5. The van der Waals surface area contributed by atoms with Gasteiger partial charge in [-0.1, -0.05) is 11.6 Å². The first-order valence-electron chi connectivity index (χ1n) is 5.37. The van der Waals surface area contributed by atoms with Gasteiger partial charge in [0, 0.05) is 12.4 Å². The Morgan fingerprint density at radius 2 is 2.21 bits per heavy atom. The van der Waals surface area contributed by atoms with Gasteiger partial charge in [-0.05, 0) is 25.1 Å². The summed E-state index contributed by atoms with van der Waals surface area (Å²) in [4.78, 5) is 6.66. The van der Waals surface area contributed by atoms with E-state index >= 15 is 0 Å². The number of aromatic amines is 1. The van der Waals surface area contributed by atoms with Gasteiger partial charge in [-0.2, -0.15) is 0 Å². The van der Waals surface area contributed by atoms with Crippen molar-refractivity contribution in [1.29, 1.82) is 0 Å². The van der Waals surface area contributed by atoms with Crippen molar-refractivity contribution in [3.8, 4) is 0 Å². The second kappa shape index (κ2) is 5.28. The minimum atomic E-state index is -3.79. The zero-order chi connectivity index (χ0) is 14.0. The molecule has 2 N–H and O–H groups in total. The Labute approximate surface area is 114 Å². The second-order valence-corrected chi connectivity index (χ2v) is 6.01.